The predicted octanol–water partition coefficient (Wildman–Crippen LogP) is 3.01. The maximum atomic E-state index is 13.3. The Balaban J connectivity index is 1.78. The molecule has 0 saturated carbocycles. The molecule has 1 N–H and O–H groups in total. The topological polar surface area (TPSA) is 74.1 Å². The van der Waals surface area contributed by atoms with E-state index in [4.69, 9.17) is 9.47 Å². The lowest BCUT2D eigenvalue weighted by Gasteiger charge is -2.24. The molecule has 1 atom stereocenters. The van der Waals surface area contributed by atoms with Crippen LogP contribution in [0.15, 0.2) is 18.3 Å². The third kappa shape index (κ3) is 4.19. The highest BCUT2D eigenvalue weighted by molar-refractivity contribution is 5.43. The third-order valence-corrected chi connectivity index (χ3v) is 3.82. The molecule has 1 saturated heterocycles. The maximum Gasteiger partial charge on any atom is 0.433 e. The summed E-state index contributed by atoms with van der Waals surface area (Å²) < 4.78 is 51.3. The Morgan fingerprint density at radius 2 is 2.20 bits per heavy atom. The molecule has 1 unspecified atom stereocenters. The number of anilines is 1. The second-order valence-electron chi connectivity index (χ2n) is 5.62. The predicted molar refractivity (Wildman–Crippen MR) is 82.0 cm³/mol. The lowest BCUT2D eigenvalue weighted by Crippen LogP contribution is -2.24. The molecule has 0 amide bonds. The molecular formula is C15H18F3N5O2. The van der Waals surface area contributed by atoms with Crippen molar-refractivity contribution in [2.75, 3.05) is 19.0 Å². The highest BCUT2D eigenvalue weighted by Crippen LogP contribution is 2.34. The van der Waals surface area contributed by atoms with Gasteiger partial charge in [0.05, 0.1) is 31.2 Å². The normalized spacial score (nSPS) is 18.2. The van der Waals surface area contributed by atoms with Gasteiger partial charge in [-0.1, -0.05) is 0 Å². The van der Waals surface area contributed by atoms with Crippen LogP contribution in [0.25, 0.3) is 0 Å². The molecule has 136 valence electrons. The van der Waals surface area contributed by atoms with Crippen LogP contribution >= 0.6 is 0 Å². The quantitative estimate of drug-likeness (QED) is 0.887. The number of nitrogens with one attached hydrogen (secondary N) is 1. The first kappa shape index (κ1) is 17.5. The summed E-state index contributed by atoms with van der Waals surface area (Å²) in [6.07, 6.45) is -1.53. The molecule has 2 aromatic heterocycles. The average molecular weight is 357 g/mol. The Labute approximate surface area is 142 Å². The molecule has 25 heavy (non-hydrogen) atoms. The van der Waals surface area contributed by atoms with Crippen LogP contribution in [0.4, 0.5) is 18.9 Å². The summed E-state index contributed by atoms with van der Waals surface area (Å²) in [5.41, 5.74) is 0.0304. The fourth-order valence-corrected chi connectivity index (χ4v) is 2.62. The second kappa shape index (κ2) is 7.26. The fourth-order valence-electron chi connectivity index (χ4n) is 2.62. The summed E-state index contributed by atoms with van der Waals surface area (Å²) >= 11 is 0. The van der Waals surface area contributed by atoms with Crippen molar-refractivity contribution in [3.05, 3.63) is 29.7 Å². The first-order chi connectivity index (χ1) is 12.0. The molecule has 0 aromatic carbocycles. The van der Waals surface area contributed by atoms with Gasteiger partial charge in [-0.05, 0) is 25.3 Å². The first-order valence-electron chi connectivity index (χ1n) is 7.85. The number of rotatable bonds is 5. The molecule has 10 heteroatoms. The molecule has 2 aromatic rings. The van der Waals surface area contributed by atoms with E-state index in [1.165, 1.54) is 13.3 Å². The summed E-state index contributed by atoms with van der Waals surface area (Å²) in [5, 5.41) is 14.5. The largest absolute Gasteiger partial charge is 0.480 e. The minimum atomic E-state index is -4.49. The molecule has 0 radical (unpaired) electrons. The smallest absolute Gasteiger partial charge is 0.433 e. The van der Waals surface area contributed by atoms with Gasteiger partial charge < -0.3 is 14.8 Å². The van der Waals surface area contributed by atoms with E-state index < -0.39 is 18.1 Å². The van der Waals surface area contributed by atoms with Crippen molar-refractivity contribution in [2.45, 2.75) is 38.2 Å². The van der Waals surface area contributed by atoms with Crippen molar-refractivity contribution in [3.8, 4) is 5.88 Å². The third-order valence-electron chi connectivity index (χ3n) is 3.82. The highest BCUT2D eigenvalue weighted by Gasteiger charge is 2.38. The summed E-state index contributed by atoms with van der Waals surface area (Å²) in [6, 6.07) is 2.63. The summed E-state index contributed by atoms with van der Waals surface area (Å²) in [4.78, 5) is 0. The lowest BCUT2D eigenvalue weighted by molar-refractivity contribution is -0.152. The Bertz CT molecular complexity index is 713. The summed E-state index contributed by atoms with van der Waals surface area (Å²) in [7, 11) is 1.45. The fraction of sp³-hybridized carbons (Fsp3) is 0.533. The number of hydrogen-bond donors (Lipinski definition) is 1. The van der Waals surface area contributed by atoms with Crippen LogP contribution in [-0.2, 0) is 17.5 Å². The van der Waals surface area contributed by atoms with Crippen molar-refractivity contribution in [1.82, 2.24) is 20.0 Å². The highest BCUT2D eigenvalue weighted by atomic mass is 19.4. The maximum absolute atomic E-state index is 13.3. The minimum Gasteiger partial charge on any atom is -0.480 e. The van der Waals surface area contributed by atoms with Crippen molar-refractivity contribution < 1.29 is 22.6 Å². The molecular weight excluding hydrogens is 339 g/mol. The van der Waals surface area contributed by atoms with Gasteiger partial charge in [0.25, 0.3) is 0 Å². The number of methoxy groups -OCH3 is 1. The molecule has 7 nitrogen and oxygen atoms in total. The van der Waals surface area contributed by atoms with Gasteiger partial charge in [0.1, 0.15) is 5.69 Å². The van der Waals surface area contributed by atoms with Gasteiger partial charge in [-0.3, -0.25) is 0 Å². The zero-order chi connectivity index (χ0) is 17.9. The van der Waals surface area contributed by atoms with E-state index in [1.54, 1.807) is 6.07 Å². The average Bonchev–Trinajstić information content (AvgIpc) is 3.06. The number of aromatic nitrogens is 4. The number of ether oxygens (including phenoxy) is 2. The van der Waals surface area contributed by atoms with Crippen molar-refractivity contribution >= 4 is 5.69 Å². The molecule has 3 rings (SSSR count). The van der Waals surface area contributed by atoms with Crippen LogP contribution < -0.4 is 10.1 Å². The standard InChI is InChI=1S/C15H18F3N5O2/c1-24-13-7-10(9-20-21-13)19-8-11-6-12(15(16,17)18)23(22-11)14-4-2-3-5-25-14/h6-7,9,14H,2-5,8H2,1H3,(H,19,21). The van der Waals surface area contributed by atoms with E-state index >= 15 is 0 Å². The zero-order valence-electron chi connectivity index (χ0n) is 13.6. The molecule has 0 aliphatic carbocycles. The Kier molecular flexibility index (Phi) is 5.07. The number of hydrogen-bond acceptors (Lipinski definition) is 6. The van der Waals surface area contributed by atoms with Crippen molar-refractivity contribution in [2.24, 2.45) is 0 Å². The number of nitrogens with zero attached hydrogens (tertiary/aromatic N) is 4. The van der Waals surface area contributed by atoms with Gasteiger partial charge in [-0.25, -0.2) is 4.68 Å². The van der Waals surface area contributed by atoms with Gasteiger partial charge in [0, 0.05) is 12.7 Å². The van der Waals surface area contributed by atoms with E-state index in [2.05, 4.69) is 20.6 Å². The lowest BCUT2D eigenvalue weighted by atomic mass is 10.2. The Morgan fingerprint density at radius 3 is 2.88 bits per heavy atom. The Hall–Kier alpha value is -2.36. The van der Waals surface area contributed by atoms with Gasteiger partial charge in [0.2, 0.25) is 5.88 Å². The molecule has 1 aliphatic heterocycles. The summed E-state index contributed by atoms with van der Waals surface area (Å²) in [6.45, 7) is 0.551. The van der Waals surface area contributed by atoms with E-state index in [0.29, 0.717) is 24.6 Å². The molecule has 3 heterocycles. The molecule has 0 spiro atoms. The van der Waals surface area contributed by atoms with Crippen LogP contribution in [0.2, 0.25) is 0 Å². The van der Waals surface area contributed by atoms with E-state index in [9.17, 15) is 13.2 Å². The summed E-state index contributed by atoms with van der Waals surface area (Å²) in [5.74, 6) is 0.308. The van der Waals surface area contributed by atoms with Crippen LogP contribution in [-0.4, -0.2) is 33.7 Å². The van der Waals surface area contributed by atoms with Crippen molar-refractivity contribution in [1.29, 1.82) is 0 Å². The van der Waals surface area contributed by atoms with Gasteiger partial charge >= 0.3 is 6.18 Å². The van der Waals surface area contributed by atoms with E-state index in [1.807, 2.05) is 0 Å². The molecule has 1 aliphatic rings. The van der Waals surface area contributed by atoms with Crippen LogP contribution in [0, 0.1) is 0 Å². The zero-order valence-corrected chi connectivity index (χ0v) is 13.6. The van der Waals surface area contributed by atoms with Crippen molar-refractivity contribution in [3.63, 3.8) is 0 Å². The SMILES string of the molecule is COc1cc(NCc2cc(C(F)(F)F)n(C3CCCCO3)n2)cnn1. The van der Waals surface area contributed by atoms with Crippen LogP contribution in [0.1, 0.15) is 36.9 Å². The minimum absolute atomic E-state index is 0.109. The second-order valence-corrected chi connectivity index (χ2v) is 5.62. The monoisotopic (exact) mass is 357 g/mol. The van der Waals surface area contributed by atoms with E-state index in [-0.39, 0.29) is 12.2 Å². The molecule has 1 fully saturated rings. The molecule has 0 bridgehead atoms. The van der Waals surface area contributed by atoms with E-state index in [0.717, 1.165) is 23.6 Å². The van der Waals surface area contributed by atoms with Crippen LogP contribution in [0.5, 0.6) is 5.88 Å². The number of halogens is 3. The first-order valence-corrected chi connectivity index (χ1v) is 7.85. The number of alkyl halides is 3. The van der Waals surface area contributed by atoms with Gasteiger partial charge in [-0.15, -0.1) is 5.10 Å². The van der Waals surface area contributed by atoms with Gasteiger partial charge in [0.15, 0.2) is 6.23 Å². The van der Waals surface area contributed by atoms with Crippen LogP contribution in [0.3, 0.4) is 0 Å². The van der Waals surface area contributed by atoms with Gasteiger partial charge in [-0.2, -0.15) is 23.4 Å². The Morgan fingerprint density at radius 1 is 1.36 bits per heavy atom.